The molecule has 0 saturated carbocycles. The van der Waals surface area contributed by atoms with Crippen LogP contribution in [0, 0.1) is 0 Å². The maximum atomic E-state index is 11.7. The van der Waals surface area contributed by atoms with E-state index in [1.54, 1.807) is 14.2 Å². The van der Waals surface area contributed by atoms with E-state index in [2.05, 4.69) is 58.2 Å². The molecule has 0 aliphatic heterocycles. The summed E-state index contributed by atoms with van der Waals surface area (Å²) in [5.74, 6) is 0.487. The second-order valence-corrected chi connectivity index (χ2v) is 5.74. The van der Waals surface area contributed by atoms with Crippen LogP contribution < -0.4 is 16.0 Å². The van der Waals surface area contributed by atoms with E-state index in [0.29, 0.717) is 19.1 Å². The van der Waals surface area contributed by atoms with Gasteiger partial charge in [0.1, 0.15) is 0 Å². The van der Waals surface area contributed by atoms with E-state index in [1.807, 2.05) is 12.1 Å². The number of hydrogen-bond donors (Lipinski definition) is 3. The molecule has 0 saturated heterocycles. The van der Waals surface area contributed by atoms with E-state index in [1.165, 1.54) is 10.8 Å². The Morgan fingerprint density at radius 3 is 2.64 bits per heavy atom. The molecule has 3 N–H and O–H groups in total. The van der Waals surface area contributed by atoms with Gasteiger partial charge in [-0.3, -0.25) is 9.79 Å². The summed E-state index contributed by atoms with van der Waals surface area (Å²) in [6.45, 7) is 3.22. The number of nitrogens with one attached hydrogen (secondary N) is 3. The molecule has 0 fully saturated rings. The van der Waals surface area contributed by atoms with E-state index in [0.717, 1.165) is 5.56 Å². The zero-order valence-electron chi connectivity index (χ0n) is 15.0. The largest absolute Gasteiger partial charge is 0.383 e. The summed E-state index contributed by atoms with van der Waals surface area (Å²) >= 11 is 0. The average Bonchev–Trinajstić information content (AvgIpc) is 2.64. The van der Waals surface area contributed by atoms with Crippen molar-refractivity contribution in [2.24, 2.45) is 4.99 Å². The number of fused-ring (bicyclic) bond motifs is 1. The minimum Gasteiger partial charge on any atom is -0.383 e. The Hall–Kier alpha value is -2.60. The molecule has 0 bridgehead atoms. The smallest absolute Gasteiger partial charge is 0.239 e. The highest BCUT2D eigenvalue weighted by molar-refractivity contribution is 5.87. The Balaban J connectivity index is 1.90. The maximum absolute atomic E-state index is 11.7. The molecule has 0 aliphatic carbocycles. The first kappa shape index (κ1) is 18.7. The lowest BCUT2D eigenvalue weighted by atomic mass is 10.0. The summed E-state index contributed by atoms with van der Waals surface area (Å²) in [4.78, 5) is 15.9. The van der Waals surface area contributed by atoms with Crippen LogP contribution in [0.1, 0.15) is 18.5 Å². The number of rotatable bonds is 7. The molecular formula is C19H26N4O2. The summed E-state index contributed by atoms with van der Waals surface area (Å²) in [7, 11) is 3.29. The number of guanidine groups is 1. The van der Waals surface area contributed by atoms with Gasteiger partial charge < -0.3 is 20.7 Å². The molecule has 6 heteroatoms. The summed E-state index contributed by atoms with van der Waals surface area (Å²) in [6, 6.07) is 14.7. The lowest BCUT2D eigenvalue weighted by molar-refractivity contribution is -0.120. The van der Waals surface area contributed by atoms with Gasteiger partial charge in [-0.05, 0) is 29.3 Å². The maximum Gasteiger partial charge on any atom is 0.239 e. The quantitative estimate of drug-likeness (QED) is 0.408. The molecule has 134 valence electrons. The van der Waals surface area contributed by atoms with Gasteiger partial charge in [0.05, 0.1) is 19.2 Å². The van der Waals surface area contributed by atoms with Gasteiger partial charge in [-0.2, -0.15) is 0 Å². The Labute approximate surface area is 148 Å². The topological polar surface area (TPSA) is 74.8 Å². The van der Waals surface area contributed by atoms with Crippen molar-refractivity contribution in [3.05, 3.63) is 48.0 Å². The van der Waals surface area contributed by atoms with Crippen molar-refractivity contribution >= 4 is 22.6 Å². The van der Waals surface area contributed by atoms with Crippen molar-refractivity contribution < 1.29 is 9.53 Å². The number of nitrogens with zero attached hydrogens (tertiary/aromatic N) is 1. The van der Waals surface area contributed by atoms with Crippen LogP contribution >= 0.6 is 0 Å². The van der Waals surface area contributed by atoms with Crippen molar-refractivity contribution in [2.45, 2.75) is 13.0 Å². The molecule has 2 rings (SSSR count). The second-order valence-electron chi connectivity index (χ2n) is 5.74. The molecule has 0 heterocycles. The molecule has 1 atom stereocenters. The highest BCUT2D eigenvalue weighted by Gasteiger charge is 2.09. The van der Waals surface area contributed by atoms with E-state index < -0.39 is 0 Å². The van der Waals surface area contributed by atoms with E-state index >= 15 is 0 Å². The van der Waals surface area contributed by atoms with Crippen LogP contribution in [0.2, 0.25) is 0 Å². The molecule has 2 aromatic rings. The normalized spacial score (nSPS) is 12.7. The first-order valence-electron chi connectivity index (χ1n) is 8.35. The van der Waals surface area contributed by atoms with E-state index in [4.69, 9.17) is 4.74 Å². The molecule has 0 aromatic heterocycles. The summed E-state index contributed by atoms with van der Waals surface area (Å²) < 4.78 is 4.90. The summed E-state index contributed by atoms with van der Waals surface area (Å²) in [5, 5.41) is 11.5. The van der Waals surface area contributed by atoms with E-state index in [-0.39, 0.29) is 18.5 Å². The predicted octanol–water partition coefficient (Wildman–Crippen LogP) is 1.83. The monoisotopic (exact) mass is 342 g/mol. The van der Waals surface area contributed by atoms with Gasteiger partial charge in [0.15, 0.2) is 5.96 Å². The third-order valence-corrected chi connectivity index (χ3v) is 3.90. The Kier molecular flexibility index (Phi) is 7.22. The number of methoxy groups -OCH3 is 1. The average molecular weight is 342 g/mol. The number of ether oxygens (including phenoxy) is 1. The van der Waals surface area contributed by atoms with Crippen molar-refractivity contribution in [2.75, 3.05) is 33.9 Å². The van der Waals surface area contributed by atoms with Crippen LogP contribution in [-0.4, -0.2) is 45.7 Å². The van der Waals surface area contributed by atoms with Crippen LogP contribution in [0.15, 0.2) is 47.5 Å². The fourth-order valence-electron chi connectivity index (χ4n) is 2.48. The minimum absolute atomic E-state index is 0.0624. The zero-order valence-corrected chi connectivity index (χ0v) is 15.0. The molecule has 6 nitrogen and oxygen atoms in total. The summed E-state index contributed by atoms with van der Waals surface area (Å²) in [5.41, 5.74) is 1.16. The molecule has 25 heavy (non-hydrogen) atoms. The van der Waals surface area contributed by atoms with Gasteiger partial charge in [-0.15, -0.1) is 0 Å². The Morgan fingerprint density at radius 1 is 1.16 bits per heavy atom. The fraction of sp³-hybridized carbons (Fsp3) is 0.368. The zero-order chi connectivity index (χ0) is 18.1. The third-order valence-electron chi connectivity index (χ3n) is 3.90. The van der Waals surface area contributed by atoms with Crippen LogP contribution in [0.4, 0.5) is 0 Å². The predicted molar refractivity (Wildman–Crippen MR) is 102 cm³/mol. The van der Waals surface area contributed by atoms with E-state index in [9.17, 15) is 4.79 Å². The van der Waals surface area contributed by atoms with Crippen LogP contribution in [0.3, 0.4) is 0 Å². The Bertz CT molecular complexity index is 730. The number of aliphatic imine (C=N–C) groups is 1. The highest BCUT2D eigenvalue weighted by Crippen LogP contribution is 2.20. The van der Waals surface area contributed by atoms with Gasteiger partial charge in [-0.25, -0.2) is 0 Å². The lowest BCUT2D eigenvalue weighted by Gasteiger charge is -2.18. The number of hydrogen-bond acceptors (Lipinski definition) is 3. The van der Waals surface area contributed by atoms with Gasteiger partial charge in [0, 0.05) is 20.7 Å². The molecule has 0 spiro atoms. The number of carbonyl (C=O) groups is 1. The fourth-order valence-corrected chi connectivity index (χ4v) is 2.48. The first-order chi connectivity index (χ1) is 12.1. The number of benzene rings is 2. The van der Waals surface area contributed by atoms with Crippen molar-refractivity contribution in [1.82, 2.24) is 16.0 Å². The number of amides is 1. The molecule has 1 unspecified atom stereocenters. The number of carbonyl (C=O) groups excluding carboxylic acids is 1. The van der Waals surface area contributed by atoms with Gasteiger partial charge in [-0.1, -0.05) is 36.4 Å². The first-order valence-corrected chi connectivity index (χ1v) is 8.35. The highest BCUT2D eigenvalue weighted by atomic mass is 16.5. The molecule has 0 radical (unpaired) electrons. The molecular weight excluding hydrogens is 316 g/mol. The molecule has 0 aliphatic rings. The van der Waals surface area contributed by atoms with Gasteiger partial charge in [0.25, 0.3) is 0 Å². The van der Waals surface area contributed by atoms with Crippen LogP contribution in [0.25, 0.3) is 10.8 Å². The van der Waals surface area contributed by atoms with Crippen LogP contribution in [-0.2, 0) is 9.53 Å². The van der Waals surface area contributed by atoms with Crippen LogP contribution in [0.5, 0.6) is 0 Å². The van der Waals surface area contributed by atoms with Crippen molar-refractivity contribution in [3.8, 4) is 0 Å². The minimum atomic E-state index is -0.0987. The third kappa shape index (κ3) is 5.76. The van der Waals surface area contributed by atoms with Gasteiger partial charge in [0.2, 0.25) is 5.91 Å². The lowest BCUT2D eigenvalue weighted by Crippen LogP contribution is -2.44. The SMILES string of the molecule is CN=C(NCC(=O)NCCOC)NC(C)c1ccc2ccccc2c1. The standard InChI is InChI=1S/C19H26N4O2/c1-14(16-9-8-15-6-4-5-7-17(15)12-16)23-19(20-2)22-13-18(24)21-10-11-25-3/h4-9,12,14H,10-11,13H2,1-3H3,(H,21,24)(H2,20,22,23). The van der Waals surface area contributed by atoms with Gasteiger partial charge >= 0.3 is 0 Å². The summed E-state index contributed by atoms with van der Waals surface area (Å²) in [6.07, 6.45) is 0. The molecule has 1 amide bonds. The second kappa shape index (κ2) is 9.64. The molecule has 2 aromatic carbocycles. The van der Waals surface area contributed by atoms with Crippen molar-refractivity contribution in [3.63, 3.8) is 0 Å². The Morgan fingerprint density at radius 2 is 1.92 bits per heavy atom. The van der Waals surface area contributed by atoms with Crippen molar-refractivity contribution in [1.29, 1.82) is 0 Å².